The summed E-state index contributed by atoms with van der Waals surface area (Å²) in [6, 6.07) is 7.99. The molecule has 1 aromatic heterocycles. The monoisotopic (exact) mass is 498 g/mol. The number of nitro groups is 1. The zero-order valence-corrected chi connectivity index (χ0v) is 18.5. The molecule has 0 bridgehead atoms. The van der Waals surface area contributed by atoms with E-state index in [4.69, 9.17) is 16.3 Å². The Bertz CT molecular complexity index is 974. The van der Waals surface area contributed by atoms with Crippen molar-refractivity contribution in [3.05, 3.63) is 62.0 Å². The van der Waals surface area contributed by atoms with Crippen molar-refractivity contribution in [2.45, 2.75) is 25.5 Å². The molecule has 2 heterocycles. The first-order chi connectivity index (χ1) is 14.1. The Balaban J connectivity index is 1.53. The van der Waals surface area contributed by atoms with E-state index in [0.717, 1.165) is 21.8 Å². The van der Waals surface area contributed by atoms with Crippen molar-refractivity contribution in [1.82, 2.24) is 14.5 Å². The van der Waals surface area contributed by atoms with Gasteiger partial charge in [-0.25, -0.2) is 4.79 Å². The third-order valence-electron chi connectivity index (χ3n) is 4.60. The van der Waals surface area contributed by atoms with E-state index in [1.807, 2.05) is 30.3 Å². The number of benzene rings is 1. The second-order valence-corrected chi connectivity index (χ2v) is 8.49. The highest BCUT2D eigenvalue weighted by Gasteiger charge is 2.29. The van der Waals surface area contributed by atoms with Crippen LogP contribution in [0.2, 0.25) is 5.28 Å². The molecular weight excluding hydrogens is 480 g/mol. The molecule has 0 saturated heterocycles. The molecule has 2 aromatic rings. The van der Waals surface area contributed by atoms with Crippen LogP contribution in [0.1, 0.15) is 18.9 Å². The van der Waals surface area contributed by atoms with Crippen molar-refractivity contribution in [2.24, 2.45) is 0 Å². The van der Waals surface area contributed by atoms with Crippen LogP contribution in [0.15, 0.2) is 41.0 Å². The van der Waals surface area contributed by atoms with Crippen LogP contribution in [-0.4, -0.2) is 55.9 Å². The van der Waals surface area contributed by atoms with E-state index in [0.29, 0.717) is 19.5 Å². The minimum atomic E-state index is -1.48. The molecule has 1 aliphatic rings. The van der Waals surface area contributed by atoms with Gasteiger partial charge in [-0.2, -0.15) is 0 Å². The van der Waals surface area contributed by atoms with Crippen molar-refractivity contribution in [1.29, 1.82) is 0 Å². The topological polar surface area (TPSA) is 111 Å². The lowest BCUT2D eigenvalue weighted by atomic mass is 10.00. The molecule has 0 saturated carbocycles. The van der Waals surface area contributed by atoms with Crippen LogP contribution in [0, 0.1) is 10.1 Å². The number of nitrogens with zero attached hydrogens (tertiary/aromatic N) is 4. The normalized spacial score (nSPS) is 16.0. The third-order valence-corrected chi connectivity index (χ3v) is 5.43. The number of carbonyl (C=O) groups excluding carboxylic acids is 1. The van der Waals surface area contributed by atoms with Gasteiger partial charge in [0, 0.05) is 17.6 Å². The summed E-state index contributed by atoms with van der Waals surface area (Å²) in [7, 11) is 0. The van der Waals surface area contributed by atoms with Crippen LogP contribution >= 0.6 is 27.5 Å². The molecule has 1 aliphatic heterocycles. The van der Waals surface area contributed by atoms with E-state index in [-0.39, 0.29) is 18.4 Å². The van der Waals surface area contributed by atoms with Crippen molar-refractivity contribution < 1.29 is 19.6 Å². The average molecular weight is 500 g/mol. The first-order valence-corrected chi connectivity index (χ1v) is 10.3. The minimum absolute atomic E-state index is 0.117. The van der Waals surface area contributed by atoms with Crippen LogP contribution in [0.25, 0.3) is 5.57 Å². The fourth-order valence-corrected chi connectivity index (χ4v) is 3.52. The van der Waals surface area contributed by atoms with Crippen molar-refractivity contribution in [3.8, 4) is 0 Å². The summed E-state index contributed by atoms with van der Waals surface area (Å²) in [5.74, 6) is -0.422. The molecule has 1 atom stereocenters. The highest BCUT2D eigenvalue weighted by Crippen LogP contribution is 2.24. The highest BCUT2D eigenvalue weighted by atomic mass is 79.9. The summed E-state index contributed by atoms with van der Waals surface area (Å²) < 4.78 is 7.50. The van der Waals surface area contributed by atoms with Gasteiger partial charge in [-0.1, -0.05) is 34.1 Å². The number of hydrogen-bond donors (Lipinski definition) is 1. The van der Waals surface area contributed by atoms with E-state index in [1.165, 1.54) is 11.5 Å². The average Bonchev–Trinajstić information content (AvgIpc) is 3.07. The van der Waals surface area contributed by atoms with Crippen LogP contribution in [0.3, 0.4) is 0 Å². The molecule has 1 unspecified atom stereocenters. The van der Waals surface area contributed by atoms with E-state index in [1.54, 1.807) is 4.90 Å². The van der Waals surface area contributed by atoms with Gasteiger partial charge in [0.05, 0.1) is 6.54 Å². The van der Waals surface area contributed by atoms with Gasteiger partial charge in [-0.3, -0.25) is 4.57 Å². The number of imidazole rings is 1. The number of halogens is 2. The lowest BCUT2D eigenvalue weighted by Gasteiger charge is -2.28. The van der Waals surface area contributed by atoms with Gasteiger partial charge in [0.2, 0.25) is 0 Å². The Morgan fingerprint density at radius 1 is 1.43 bits per heavy atom. The quantitative estimate of drug-likeness (QED) is 0.477. The maximum Gasteiger partial charge on any atom is 0.410 e. The third kappa shape index (κ3) is 5.59. The van der Waals surface area contributed by atoms with E-state index >= 15 is 0 Å². The van der Waals surface area contributed by atoms with Crippen molar-refractivity contribution >= 4 is 45.0 Å². The molecule has 0 spiro atoms. The van der Waals surface area contributed by atoms with Gasteiger partial charge in [0.25, 0.3) is 0 Å². The summed E-state index contributed by atoms with van der Waals surface area (Å²) in [4.78, 5) is 27.6. The molecule has 3 rings (SSSR count). The van der Waals surface area contributed by atoms with Gasteiger partial charge in [0.15, 0.2) is 0 Å². The standard InChI is InChI=1S/C19H20BrClN4O5/c1-19(27,11-24-10-16(25(28)29)22-17(24)21)12-30-18(26)23-8-6-14(7-9-23)13-2-4-15(20)5-3-13/h2-6,10,27H,7-9,11-12H2,1H3. The van der Waals surface area contributed by atoms with Crippen LogP contribution in [0.4, 0.5) is 10.6 Å². The predicted molar refractivity (Wildman–Crippen MR) is 114 cm³/mol. The Morgan fingerprint density at radius 2 is 2.13 bits per heavy atom. The zero-order chi connectivity index (χ0) is 21.9. The van der Waals surface area contributed by atoms with E-state index in [2.05, 4.69) is 20.9 Å². The molecule has 1 aromatic carbocycles. The van der Waals surface area contributed by atoms with Gasteiger partial charge >= 0.3 is 17.2 Å². The molecule has 160 valence electrons. The van der Waals surface area contributed by atoms with E-state index < -0.39 is 22.4 Å². The Morgan fingerprint density at radius 3 is 2.70 bits per heavy atom. The maximum atomic E-state index is 12.4. The minimum Gasteiger partial charge on any atom is -0.446 e. The SMILES string of the molecule is CC(O)(COC(=O)N1CC=C(c2ccc(Br)cc2)CC1)Cn1cc([N+](=O)[O-])nc1Cl. The van der Waals surface area contributed by atoms with Crippen LogP contribution < -0.4 is 0 Å². The number of hydrogen-bond acceptors (Lipinski definition) is 6. The first-order valence-electron chi connectivity index (χ1n) is 9.11. The Kier molecular flexibility index (Phi) is 6.79. The smallest absolute Gasteiger partial charge is 0.410 e. The molecule has 11 heteroatoms. The summed E-state index contributed by atoms with van der Waals surface area (Å²) >= 11 is 9.28. The summed E-state index contributed by atoms with van der Waals surface area (Å²) in [5.41, 5.74) is 0.789. The van der Waals surface area contributed by atoms with Crippen LogP contribution in [0.5, 0.6) is 0 Å². The Hall–Kier alpha value is -2.43. The molecule has 0 aliphatic carbocycles. The lowest BCUT2D eigenvalue weighted by molar-refractivity contribution is -0.389. The number of carbonyl (C=O) groups is 1. The lowest BCUT2D eigenvalue weighted by Crippen LogP contribution is -2.41. The van der Waals surface area contributed by atoms with Gasteiger partial charge in [-0.15, -0.1) is 0 Å². The number of ether oxygens (including phenoxy) is 1. The molecule has 0 fully saturated rings. The summed E-state index contributed by atoms with van der Waals surface area (Å²) in [5, 5.41) is 21.2. The second kappa shape index (κ2) is 9.15. The molecule has 1 amide bonds. The molecule has 1 N–H and O–H groups in total. The molecule has 0 radical (unpaired) electrons. The molecular formula is C19H20BrClN4O5. The number of aromatic nitrogens is 2. The Labute approximate surface area is 186 Å². The fourth-order valence-electron chi connectivity index (χ4n) is 3.06. The van der Waals surface area contributed by atoms with E-state index in [9.17, 15) is 20.0 Å². The van der Waals surface area contributed by atoms with Crippen molar-refractivity contribution in [3.63, 3.8) is 0 Å². The zero-order valence-electron chi connectivity index (χ0n) is 16.1. The molecule has 30 heavy (non-hydrogen) atoms. The first kappa shape index (κ1) is 22.3. The second-order valence-electron chi connectivity index (χ2n) is 7.24. The van der Waals surface area contributed by atoms with Gasteiger partial charge < -0.3 is 24.9 Å². The fraction of sp³-hybridized carbons (Fsp3) is 0.368. The summed E-state index contributed by atoms with van der Waals surface area (Å²) in [6.07, 6.45) is 3.26. The van der Waals surface area contributed by atoms with Crippen molar-refractivity contribution in [2.75, 3.05) is 19.7 Å². The van der Waals surface area contributed by atoms with Gasteiger partial charge in [-0.05, 0) is 58.1 Å². The number of rotatable bonds is 6. The number of aliphatic hydroxyl groups is 1. The van der Waals surface area contributed by atoms with Gasteiger partial charge in [0.1, 0.15) is 18.4 Å². The largest absolute Gasteiger partial charge is 0.446 e. The maximum absolute atomic E-state index is 12.4. The summed E-state index contributed by atoms with van der Waals surface area (Å²) in [6.45, 7) is 1.94. The predicted octanol–water partition coefficient (Wildman–Crippen LogP) is 3.88. The molecule has 9 nitrogen and oxygen atoms in total. The highest BCUT2D eigenvalue weighted by molar-refractivity contribution is 9.10. The number of amides is 1. The van der Waals surface area contributed by atoms with Crippen LogP contribution in [-0.2, 0) is 11.3 Å².